The molecule has 1 N–H and O–H groups in total. The van der Waals surface area contributed by atoms with Crippen LogP contribution in [0, 0.1) is 6.92 Å². The van der Waals surface area contributed by atoms with Gasteiger partial charge in [-0.15, -0.1) is 0 Å². The number of hydrogen-bond donors (Lipinski definition) is 1. The van der Waals surface area contributed by atoms with Gasteiger partial charge in [-0.2, -0.15) is 0 Å². The van der Waals surface area contributed by atoms with Crippen molar-refractivity contribution in [2.45, 2.75) is 26.3 Å². The Kier molecular flexibility index (Phi) is 5.19. The molecule has 2 aromatic carbocycles. The Bertz CT molecular complexity index is 516. The van der Waals surface area contributed by atoms with E-state index in [1.807, 2.05) is 12.1 Å². The maximum absolute atomic E-state index is 5.20. The molecule has 1 unspecified atom stereocenters. The average molecular weight is 269 g/mol. The van der Waals surface area contributed by atoms with E-state index in [-0.39, 0.29) is 0 Å². The second-order valence-corrected chi connectivity index (χ2v) is 5.07. The molecule has 0 heterocycles. The van der Waals surface area contributed by atoms with E-state index in [0.29, 0.717) is 6.04 Å². The number of nitrogens with one attached hydrogen (secondary N) is 1. The fourth-order valence-corrected chi connectivity index (χ4v) is 2.35. The third-order valence-electron chi connectivity index (χ3n) is 3.53. The molecule has 0 saturated heterocycles. The summed E-state index contributed by atoms with van der Waals surface area (Å²) in [5, 5.41) is 3.56. The van der Waals surface area contributed by atoms with E-state index >= 15 is 0 Å². The van der Waals surface area contributed by atoms with E-state index in [1.165, 1.54) is 16.7 Å². The number of rotatable bonds is 6. The zero-order valence-corrected chi connectivity index (χ0v) is 12.5. The summed E-state index contributed by atoms with van der Waals surface area (Å²) in [7, 11) is 1.70. The normalized spacial score (nSPS) is 12.2. The number of likely N-dealkylation sites (N-methyl/N-ethyl adjacent to an activating group) is 1. The van der Waals surface area contributed by atoms with Crippen molar-refractivity contribution in [1.29, 1.82) is 0 Å². The highest BCUT2D eigenvalue weighted by Crippen LogP contribution is 2.20. The topological polar surface area (TPSA) is 21.3 Å². The lowest BCUT2D eigenvalue weighted by atomic mass is 9.98. The first-order valence-electron chi connectivity index (χ1n) is 7.15. The van der Waals surface area contributed by atoms with Crippen LogP contribution in [-0.2, 0) is 6.42 Å². The van der Waals surface area contributed by atoms with Gasteiger partial charge >= 0.3 is 0 Å². The van der Waals surface area contributed by atoms with Gasteiger partial charge in [-0.05, 0) is 43.1 Å². The smallest absolute Gasteiger partial charge is 0.118 e. The van der Waals surface area contributed by atoms with Crippen LogP contribution in [0.4, 0.5) is 0 Å². The molecule has 0 amide bonds. The van der Waals surface area contributed by atoms with E-state index in [1.54, 1.807) is 7.11 Å². The third-order valence-corrected chi connectivity index (χ3v) is 3.53. The van der Waals surface area contributed by atoms with Crippen LogP contribution in [0.2, 0.25) is 0 Å². The second-order valence-electron chi connectivity index (χ2n) is 5.07. The number of benzene rings is 2. The van der Waals surface area contributed by atoms with Crippen molar-refractivity contribution in [2.24, 2.45) is 0 Å². The molecular weight excluding hydrogens is 246 g/mol. The first-order chi connectivity index (χ1) is 9.72. The summed E-state index contributed by atoms with van der Waals surface area (Å²) < 4.78 is 5.20. The van der Waals surface area contributed by atoms with Crippen molar-refractivity contribution in [3.8, 4) is 5.75 Å². The van der Waals surface area contributed by atoms with Crippen LogP contribution in [0.3, 0.4) is 0 Å². The quantitative estimate of drug-likeness (QED) is 0.859. The van der Waals surface area contributed by atoms with Gasteiger partial charge in [0.15, 0.2) is 0 Å². The summed E-state index contributed by atoms with van der Waals surface area (Å²) in [5.41, 5.74) is 3.96. The highest BCUT2D eigenvalue weighted by molar-refractivity contribution is 5.30. The van der Waals surface area contributed by atoms with Crippen molar-refractivity contribution in [1.82, 2.24) is 5.32 Å². The van der Waals surface area contributed by atoms with Crippen molar-refractivity contribution in [3.05, 3.63) is 65.2 Å². The minimum absolute atomic E-state index is 0.356. The zero-order valence-electron chi connectivity index (χ0n) is 12.5. The monoisotopic (exact) mass is 269 g/mol. The largest absolute Gasteiger partial charge is 0.497 e. The highest BCUT2D eigenvalue weighted by atomic mass is 16.5. The summed E-state index contributed by atoms with van der Waals surface area (Å²) in [6.07, 6.45) is 0.987. The van der Waals surface area contributed by atoms with Crippen molar-refractivity contribution < 1.29 is 4.74 Å². The number of methoxy groups -OCH3 is 1. The molecule has 2 nitrogen and oxygen atoms in total. The maximum atomic E-state index is 5.20. The predicted molar refractivity (Wildman–Crippen MR) is 84.3 cm³/mol. The molecule has 0 spiro atoms. The van der Waals surface area contributed by atoms with Gasteiger partial charge in [0.05, 0.1) is 7.11 Å². The molecule has 0 aliphatic rings. The van der Waals surface area contributed by atoms with Crippen LogP contribution >= 0.6 is 0 Å². The molecule has 0 saturated carbocycles. The molecule has 106 valence electrons. The molecule has 1 atom stereocenters. The van der Waals surface area contributed by atoms with E-state index in [9.17, 15) is 0 Å². The fraction of sp³-hybridized carbons (Fsp3) is 0.333. The minimum Gasteiger partial charge on any atom is -0.497 e. The molecule has 0 aromatic heterocycles. The molecule has 0 aliphatic heterocycles. The Morgan fingerprint density at radius 2 is 1.65 bits per heavy atom. The van der Waals surface area contributed by atoms with E-state index in [4.69, 9.17) is 4.74 Å². The Balaban J connectivity index is 2.13. The number of aryl methyl sites for hydroxylation is 1. The van der Waals surface area contributed by atoms with Crippen molar-refractivity contribution in [2.75, 3.05) is 13.7 Å². The zero-order chi connectivity index (χ0) is 14.4. The summed E-state index contributed by atoms with van der Waals surface area (Å²) in [5.74, 6) is 0.907. The van der Waals surface area contributed by atoms with Crippen LogP contribution < -0.4 is 10.1 Å². The first-order valence-corrected chi connectivity index (χ1v) is 7.15. The predicted octanol–water partition coefficient (Wildman–Crippen LogP) is 3.90. The summed E-state index contributed by atoms with van der Waals surface area (Å²) in [4.78, 5) is 0. The van der Waals surface area contributed by atoms with Gasteiger partial charge in [0, 0.05) is 6.04 Å². The van der Waals surface area contributed by atoms with Crippen molar-refractivity contribution in [3.63, 3.8) is 0 Å². The van der Waals surface area contributed by atoms with Gasteiger partial charge in [0.1, 0.15) is 5.75 Å². The maximum Gasteiger partial charge on any atom is 0.118 e. The lowest BCUT2D eigenvalue weighted by molar-refractivity contribution is 0.414. The fourth-order valence-electron chi connectivity index (χ4n) is 2.35. The average Bonchev–Trinajstić information content (AvgIpc) is 2.48. The molecular formula is C18H23NO. The lowest BCUT2D eigenvalue weighted by Crippen LogP contribution is -2.22. The molecule has 2 rings (SSSR count). The SMILES string of the molecule is CCNC(Cc1ccc(OC)cc1)c1ccc(C)cc1. The Morgan fingerprint density at radius 1 is 1.00 bits per heavy atom. The minimum atomic E-state index is 0.356. The molecule has 0 radical (unpaired) electrons. The molecule has 20 heavy (non-hydrogen) atoms. The third kappa shape index (κ3) is 3.84. The number of ether oxygens (including phenoxy) is 1. The van der Waals surface area contributed by atoms with Gasteiger partial charge in [-0.3, -0.25) is 0 Å². The summed E-state index contributed by atoms with van der Waals surface area (Å²) in [6.45, 7) is 5.24. The lowest BCUT2D eigenvalue weighted by Gasteiger charge is -2.19. The summed E-state index contributed by atoms with van der Waals surface area (Å²) in [6, 6.07) is 17.4. The van der Waals surface area contributed by atoms with Gasteiger partial charge in [0.2, 0.25) is 0 Å². The molecule has 0 bridgehead atoms. The first kappa shape index (κ1) is 14.6. The van der Waals surface area contributed by atoms with Gasteiger partial charge in [-0.25, -0.2) is 0 Å². The highest BCUT2D eigenvalue weighted by Gasteiger charge is 2.11. The van der Waals surface area contributed by atoms with Gasteiger partial charge in [0.25, 0.3) is 0 Å². The Labute approximate surface area is 121 Å². The van der Waals surface area contributed by atoms with E-state index in [2.05, 4.69) is 55.6 Å². The van der Waals surface area contributed by atoms with Crippen LogP contribution in [-0.4, -0.2) is 13.7 Å². The molecule has 2 aromatic rings. The van der Waals surface area contributed by atoms with Gasteiger partial charge < -0.3 is 10.1 Å². The second kappa shape index (κ2) is 7.11. The molecule has 2 heteroatoms. The van der Waals surface area contributed by atoms with E-state index in [0.717, 1.165) is 18.7 Å². The molecule has 0 fully saturated rings. The Hall–Kier alpha value is -1.80. The van der Waals surface area contributed by atoms with Crippen LogP contribution in [0.5, 0.6) is 5.75 Å². The standard InChI is InChI=1S/C18H23NO/c1-4-19-18(16-9-5-14(2)6-10-16)13-15-7-11-17(20-3)12-8-15/h5-12,18-19H,4,13H2,1-3H3. The van der Waals surface area contributed by atoms with E-state index < -0.39 is 0 Å². The van der Waals surface area contributed by atoms with Gasteiger partial charge in [-0.1, -0.05) is 48.9 Å². The number of hydrogen-bond acceptors (Lipinski definition) is 2. The van der Waals surface area contributed by atoms with Crippen molar-refractivity contribution >= 4 is 0 Å². The summed E-state index contributed by atoms with van der Waals surface area (Å²) >= 11 is 0. The Morgan fingerprint density at radius 3 is 2.20 bits per heavy atom. The van der Waals surface area contributed by atoms with Crippen LogP contribution in [0.15, 0.2) is 48.5 Å². The molecule has 0 aliphatic carbocycles. The van der Waals surface area contributed by atoms with Crippen LogP contribution in [0.25, 0.3) is 0 Å². The van der Waals surface area contributed by atoms with Crippen LogP contribution in [0.1, 0.15) is 29.7 Å².